The van der Waals surface area contributed by atoms with Gasteiger partial charge in [-0.2, -0.15) is 0 Å². The highest BCUT2D eigenvalue weighted by Crippen LogP contribution is 2.47. The minimum Gasteiger partial charge on any atom is -0.372 e. The first-order chi connectivity index (χ1) is 19.6. The highest BCUT2D eigenvalue weighted by atomic mass is 16.3. The van der Waals surface area contributed by atoms with Crippen molar-refractivity contribution in [2.75, 3.05) is 6.54 Å². The summed E-state index contributed by atoms with van der Waals surface area (Å²) in [5.41, 5.74) is 0.267. The van der Waals surface area contributed by atoms with Crippen molar-refractivity contribution in [3.05, 3.63) is 59.7 Å². The molecule has 0 unspecified atom stereocenters. The normalized spacial score (nSPS) is 19.9. The van der Waals surface area contributed by atoms with E-state index < -0.39 is 47.1 Å². The summed E-state index contributed by atoms with van der Waals surface area (Å²) < 4.78 is 0. The Bertz CT molecular complexity index is 1340. The molecule has 3 atom stereocenters. The molecule has 0 spiro atoms. The second-order valence-electron chi connectivity index (χ2n) is 11.6. The molecule has 2 aliphatic carbocycles. The van der Waals surface area contributed by atoms with E-state index in [9.17, 15) is 29.1 Å². The van der Waals surface area contributed by atoms with Crippen LogP contribution in [0.25, 0.3) is 11.1 Å². The van der Waals surface area contributed by atoms with Crippen LogP contribution in [0.4, 0.5) is 0 Å². The Morgan fingerprint density at radius 3 is 2.07 bits per heavy atom. The molecule has 2 aromatic rings. The van der Waals surface area contributed by atoms with E-state index in [0.29, 0.717) is 24.1 Å². The number of Topliss-reactive ketones (excluding diaryl/α,β-unsaturated/α-hetero) is 1. The van der Waals surface area contributed by atoms with Gasteiger partial charge in [0.2, 0.25) is 17.6 Å². The van der Waals surface area contributed by atoms with Crippen LogP contribution < -0.4 is 21.3 Å². The van der Waals surface area contributed by atoms with Crippen LogP contribution in [-0.4, -0.2) is 59.2 Å². The minimum atomic E-state index is -2.02. The van der Waals surface area contributed by atoms with Gasteiger partial charge < -0.3 is 26.4 Å². The quantitative estimate of drug-likeness (QED) is 0.261. The largest absolute Gasteiger partial charge is 0.372 e. The predicted octanol–water partition coefficient (Wildman–Crippen LogP) is 1.29. The molecule has 1 saturated heterocycles. The molecule has 3 aliphatic rings. The maximum absolute atomic E-state index is 13.8. The Morgan fingerprint density at radius 2 is 1.54 bits per heavy atom. The van der Waals surface area contributed by atoms with Crippen molar-refractivity contribution in [3.63, 3.8) is 0 Å². The first-order valence-electron chi connectivity index (χ1n) is 14.2. The van der Waals surface area contributed by atoms with E-state index in [1.54, 1.807) is 24.3 Å². The minimum absolute atomic E-state index is 0.0263. The van der Waals surface area contributed by atoms with Crippen LogP contribution in [0.5, 0.6) is 0 Å². The van der Waals surface area contributed by atoms with E-state index in [2.05, 4.69) is 21.3 Å². The predicted molar refractivity (Wildman–Crippen MR) is 150 cm³/mol. The summed E-state index contributed by atoms with van der Waals surface area (Å²) in [6.07, 6.45) is 2.26. The summed E-state index contributed by atoms with van der Waals surface area (Å²) in [6, 6.07) is 11.8. The Kier molecular flexibility index (Phi) is 7.95. The van der Waals surface area contributed by atoms with E-state index >= 15 is 0 Å². The summed E-state index contributed by atoms with van der Waals surface area (Å²) in [7, 11) is 0. The van der Waals surface area contributed by atoms with Gasteiger partial charge in [-0.1, -0.05) is 62.4 Å². The van der Waals surface area contributed by atoms with Crippen molar-refractivity contribution >= 4 is 29.4 Å². The van der Waals surface area contributed by atoms with Crippen LogP contribution in [-0.2, 0) is 29.6 Å². The number of amides is 4. The van der Waals surface area contributed by atoms with Crippen molar-refractivity contribution in [2.24, 2.45) is 11.8 Å². The molecule has 5 rings (SSSR count). The molecule has 2 fully saturated rings. The van der Waals surface area contributed by atoms with Gasteiger partial charge >= 0.3 is 0 Å². The third kappa shape index (κ3) is 5.74. The standard InChI is InChI=1S/C31H36N4O6/c1-17(2)15-25(35-30(40)31(41)22-9-5-3-7-20(22)21-8-4-6-10-23(21)31)28(38)34-24(16-18-13-14-32-27(18)37)26(36)29(39)33-19-11-12-19/h3-10,17-19,24-25,41H,11-16H2,1-2H3,(H,32,37)(H,33,39)(H,34,38)(H,35,40)/t18-,24+,25+/m0/s1. The maximum atomic E-state index is 13.8. The van der Waals surface area contributed by atoms with E-state index in [0.717, 1.165) is 24.0 Å². The summed E-state index contributed by atoms with van der Waals surface area (Å²) in [5.74, 6) is -3.83. The summed E-state index contributed by atoms with van der Waals surface area (Å²) in [5, 5.41) is 22.7. The van der Waals surface area contributed by atoms with E-state index in [-0.39, 0.29) is 30.7 Å². The number of carbonyl (C=O) groups is 5. The number of hydrogen-bond donors (Lipinski definition) is 5. The smallest absolute Gasteiger partial charge is 0.289 e. The van der Waals surface area contributed by atoms with Crippen molar-refractivity contribution in [3.8, 4) is 11.1 Å². The van der Waals surface area contributed by atoms with Gasteiger partial charge in [-0.15, -0.1) is 0 Å². The Balaban J connectivity index is 1.38. The average Bonchev–Trinajstić information content (AvgIpc) is 3.62. The molecule has 1 heterocycles. The van der Waals surface area contributed by atoms with Crippen LogP contribution in [0, 0.1) is 11.8 Å². The molecule has 5 N–H and O–H groups in total. The monoisotopic (exact) mass is 560 g/mol. The Morgan fingerprint density at radius 1 is 0.927 bits per heavy atom. The molecule has 216 valence electrons. The molecular weight excluding hydrogens is 524 g/mol. The third-order valence-electron chi connectivity index (χ3n) is 8.03. The van der Waals surface area contributed by atoms with Crippen molar-refractivity contribution < 1.29 is 29.1 Å². The fourth-order valence-electron chi connectivity index (χ4n) is 5.72. The number of rotatable bonds is 11. The van der Waals surface area contributed by atoms with Crippen LogP contribution in [0.1, 0.15) is 57.1 Å². The molecule has 0 aromatic heterocycles. The number of nitrogens with one attached hydrogen (secondary N) is 4. The summed E-state index contributed by atoms with van der Waals surface area (Å²) in [6.45, 7) is 4.23. The maximum Gasteiger partial charge on any atom is 0.289 e. The molecule has 0 radical (unpaired) electrons. The number of carbonyl (C=O) groups excluding carboxylic acids is 5. The number of ketones is 1. The lowest BCUT2D eigenvalue weighted by atomic mass is 9.89. The highest BCUT2D eigenvalue weighted by molar-refractivity contribution is 6.38. The molecule has 1 saturated carbocycles. The fourth-order valence-corrected chi connectivity index (χ4v) is 5.72. The number of aliphatic hydroxyl groups is 1. The van der Waals surface area contributed by atoms with Crippen LogP contribution in [0.2, 0.25) is 0 Å². The first-order valence-corrected chi connectivity index (χ1v) is 14.2. The van der Waals surface area contributed by atoms with Crippen molar-refractivity contribution in [2.45, 2.75) is 69.7 Å². The van der Waals surface area contributed by atoms with Crippen LogP contribution in [0.3, 0.4) is 0 Å². The zero-order chi connectivity index (χ0) is 29.3. The van der Waals surface area contributed by atoms with Gasteiger partial charge in [0.1, 0.15) is 6.04 Å². The first kappa shape index (κ1) is 28.5. The fraction of sp³-hybridized carbons (Fsp3) is 0.452. The van der Waals surface area contributed by atoms with Gasteiger partial charge in [-0.25, -0.2) is 0 Å². The number of benzene rings is 2. The Labute approximate surface area is 238 Å². The number of fused-ring (bicyclic) bond motifs is 3. The molecule has 1 aliphatic heterocycles. The molecule has 2 aromatic carbocycles. The molecule has 4 amide bonds. The van der Waals surface area contributed by atoms with Gasteiger partial charge in [-0.3, -0.25) is 24.0 Å². The van der Waals surface area contributed by atoms with Crippen molar-refractivity contribution in [1.29, 1.82) is 0 Å². The summed E-state index contributed by atoms with van der Waals surface area (Å²) in [4.78, 5) is 65.5. The zero-order valence-electron chi connectivity index (χ0n) is 23.2. The van der Waals surface area contributed by atoms with E-state index in [4.69, 9.17) is 0 Å². The van der Waals surface area contributed by atoms with Gasteiger partial charge in [0.15, 0.2) is 5.60 Å². The van der Waals surface area contributed by atoms with Crippen LogP contribution in [0.15, 0.2) is 48.5 Å². The number of hydrogen-bond acceptors (Lipinski definition) is 6. The van der Waals surface area contributed by atoms with Gasteiger partial charge in [0.05, 0.1) is 6.04 Å². The van der Waals surface area contributed by atoms with Crippen molar-refractivity contribution in [1.82, 2.24) is 21.3 Å². The molecular formula is C31H36N4O6. The SMILES string of the molecule is CC(C)C[C@@H](NC(=O)C1(O)c2ccccc2-c2ccccc21)C(=O)N[C@H](C[C@@H]1CCNC1=O)C(=O)C(=O)NC1CC1. The second-order valence-corrected chi connectivity index (χ2v) is 11.6. The second kappa shape index (κ2) is 11.4. The topological polar surface area (TPSA) is 154 Å². The van der Waals surface area contributed by atoms with Gasteiger partial charge in [0.25, 0.3) is 11.8 Å². The van der Waals surface area contributed by atoms with E-state index in [1.165, 1.54) is 0 Å². The van der Waals surface area contributed by atoms with Crippen LogP contribution >= 0.6 is 0 Å². The lowest BCUT2D eigenvalue weighted by Crippen LogP contribution is -2.57. The lowest BCUT2D eigenvalue weighted by molar-refractivity contribution is -0.142. The van der Waals surface area contributed by atoms with Gasteiger partial charge in [0, 0.05) is 29.6 Å². The third-order valence-corrected chi connectivity index (χ3v) is 8.03. The molecule has 10 nitrogen and oxygen atoms in total. The molecule has 0 bridgehead atoms. The molecule has 10 heteroatoms. The molecule has 41 heavy (non-hydrogen) atoms. The van der Waals surface area contributed by atoms with E-state index in [1.807, 2.05) is 38.1 Å². The Hall–Kier alpha value is -4.05. The average molecular weight is 561 g/mol. The zero-order valence-corrected chi connectivity index (χ0v) is 23.2. The highest BCUT2D eigenvalue weighted by Gasteiger charge is 2.48. The summed E-state index contributed by atoms with van der Waals surface area (Å²) >= 11 is 0. The van der Waals surface area contributed by atoms with Gasteiger partial charge in [-0.05, 0) is 49.1 Å². The lowest BCUT2D eigenvalue weighted by Gasteiger charge is -2.29.